The van der Waals surface area contributed by atoms with Gasteiger partial charge in [0.1, 0.15) is 12.4 Å². The number of benzene rings is 1. The summed E-state index contributed by atoms with van der Waals surface area (Å²) in [4.78, 5) is 14.0. The van der Waals surface area contributed by atoms with Crippen LogP contribution in [0.3, 0.4) is 0 Å². The second-order valence-electron chi connectivity index (χ2n) is 6.43. The summed E-state index contributed by atoms with van der Waals surface area (Å²) in [5.41, 5.74) is 0.713. The Kier molecular flexibility index (Phi) is 15.8. The first-order valence-electron chi connectivity index (χ1n) is 10.1. The number of halogens is 1. The van der Waals surface area contributed by atoms with Crippen molar-refractivity contribution >= 4 is 24.2 Å². The number of rotatable bonds is 14. The van der Waals surface area contributed by atoms with Crippen LogP contribution in [0.4, 0.5) is 10.5 Å². The van der Waals surface area contributed by atoms with Crippen molar-refractivity contribution < 1.29 is 14.3 Å². The molecule has 1 aromatic rings. The minimum absolute atomic E-state index is 0. The van der Waals surface area contributed by atoms with Gasteiger partial charge in [0.2, 0.25) is 0 Å². The van der Waals surface area contributed by atoms with E-state index in [1.54, 1.807) is 0 Å². The largest absolute Gasteiger partial charge is 0.494 e. The van der Waals surface area contributed by atoms with Crippen molar-refractivity contribution in [1.29, 1.82) is 0 Å². The van der Waals surface area contributed by atoms with Crippen LogP contribution in [0.2, 0.25) is 0 Å². The Balaban J connectivity index is 0.00000676. The molecule has 1 aromatic carbocycles. The Morgan fingerprint density at radius 3 is 2.19 bits per heavy atom. The third-order valence-electron chi connectivity index (χ3n) is 4.40. The van der Waals surface area contributed by atoms with Gasteiger partial charge in [-0.1, -0.05) is 52.9 Å². The molecular weight excluding hydrogens is 364 g/mol. The van der Waals surface area contributed by atoms with Gasteiger partial charge in [0.25, 0.3) is 0 Å². The average Bonchev–Trinajstić information content (AvgIpc) is 2.66. The van der Waals surface area contributed by atoms with Crippen LogP contribution in [0.15, 0.2) is 24.3 Å². The van der Waals surface area contributed by atoms with Gasteiger partial charge in [-0.3, -0.25) is 5.32 Å². The molecule has 5 nitrogen and oxygen atoms in total. The minimum atomic E-state index is -0.419. The summed E-state index contributed by atoms with van der Waals surface area (Å²) in [6.45, 7) is 10.2. The van der Waals surface area contributed by atoms with E-state index in [1.165, 1.54) is 32.1 Å². The molecule has 0 saturated carbocycles. The average molecular weight is 401 g/mol. The lowest BCUT2D eigenvalue weighted by Gasteiger charge is -2.17. The monoisotopic (exact) mass is 400 g/mol. The molecule has 0 unspecified atom stereocenters. The van der Waals surface area contributed by atoms with Gasteiger partial charge >= 0.3 is 6.09 Å². The standard InChI is InChI=1S/C21H36N2O3.ClH/c1-4-7-8-9-10-11-17-25-20-14-12-19(13-15-20)22-21(24)26-18-16-23(5-2)6-3;/h12-15H,4-11,16-18H2,1-3H3,(H,22,24);1H. The molecule has 6 heteroatoms. The molecule has 1 N–H and O–H groups in total. The first kappa shape index (κ1) is 25.5. The van der Waals surface area contributed by atoms with Crippen LogP contribution in [0.1, 0.15) is 59.3 Å². The zero-order valence-electron chi connectivity index (χ0n) is 17.2. The molecular formula is C21H37ClN2O3. The molecule has 27 heavy (non-hydrogen) atoms. The van der Waals surface area contributed by atoms with E-state index < -0.39 is 6.09 Å². The zero-order valence-corrected chi connectivity index (χ0v) is 18.0. The first-order chi connectivity index (χ1) is 12.7. The normalized spacial score (nSPS) is 10.4. The number of amides is 1. The van der Waals surface area contributed by atoms with Gasteiger partial charge in [-0.2, -0.15) is 0 Å². The summed E-state index contributed by atoms with van der Waals surface area (Å²) in [5, 5.41) is 2.74. The molecule has 0 bridgehead atoms. The lowest BCUT2D eigenvalue weighted by atomic mass is 10.1. The molecule has 0 aliphatic rings. The molecule has 156 valence electrons. The van der Waals surface area contributed by atoms with Gasteiger partial charge in [-0.15, -0.1) is 12.4 Å². The quantitative estimate of drug-likeness (QED) is 0.404. The molecule has 0 aromatic heterocycles. The number of hydrogen-bond acceptors (Lipinski definition) is 4. The van der Waals surface area contributed by atoms with Crippen LogP contribution < -0.4 is 10.1 Å². The van der Waals surface area contributed by atoms with E-state index >= 15 is 0 Å². The lowest BCUT2D eigenvalue weighted by Crippen LogP contribution is -2.28. The van der Waals surface area contributed by atoms with Gasteiger partial charge in [0, 0.05) is 12.2 Å². The second kappa shape index (κ2) is 16.7. The van der Waals surface area contributed by atoms with Crippen molar-refractivity contribution in [2.75, 3.05) is 38.2 Å². The number of likely N-dealkylation sites (N-methyl/N-ethyl adjacent to an activating group) is 1. The molecule has 0 radical (unpaired) electrons. The van der Waals surface area contributed by atoms with E-state index in [2.05, 4.69) is 31.0 Å². The number of unbranched alkanes of at least 4 members (excludes halogenated alkanes) is 5. The van der Waals surface area contributed by atoms with Gasteiger partial charge in [0.05, 0.1) is 6.61 Å². The molecule has 0 aliphatic heterocycles. The van der Waals surface area contributed by atoms with Crippen LogP contribution >= 0.6 is 12.4 Å². The highest BCUT2D eigenvalue weighted by Gasteiger charge is 2.05. The fourth-order valence-electron chi connectivity index (χ4n) is 2.67. The Morgan fingerprint density at radius 2 is 1.56 bits per heavy atom. The molecule has 0 atom stereocenters. The SMILES string of the molecule is CCCCCCCCOc1ccc(NC(=O)OCCN(CC)CC)cc1.Cl. The van der Waals surface area contributed by atoms with Crippen molar-refractivity contribution in [3.63, 3.8) is 0 Å². The highest BCUT2D eigenvalue weighted by Crippen LogP contribution is 2.16. The third kappa shape index (κ3) is 12.5. The van der Waals surface area contributed by atoms with Gasteiger partial charge < -0.3 is 14.4 Å². The summed E-state index contributed by atoms with van der Waals surface area (Å²) in [7, 11) is 0. The summed E-state index contributed by atoms with van der Waals surface area (Å²) in [6, 6.07) is 7.43. The van der Waals surface area contributed by atoms with Crippen molar-refractivity contribution in [3.8, 4) is 5.75 Å². The molecule has 0 heterocycles. The number of nitrogens with zero attached hydrogens (tertiary/aromatic N) is 1. The number of ether oxygens (including phenoxy) is 2. The van der Waals surface area contributed by atoms with E-state index in [4.69, 9.17) is 9.47 Å². The summed E-state index contributed by atoms with van der Waals surface area (Å²) >= 11 is 0. The van der Waals surface area contributed by atoms with E-state index in [0.717, 1.165) is 38.4 Å². The van der Waals surface area contributed by atoms with Crippen LogP contribution in [0.25, 0.3) is 0 Å². The lowest BCUT2D eigenvalue weighted by molar-refractivity contribution is 0.142. The Morgan fingerprint density at radius 1 is 0.926 bits per heavy atom. The van der Waals surface area contributed by atoms with Crippen molar-refractivity contribution in [2.45, 2.75) is 59.3 Å². The Bertz CT molecular complexity index is 479. The van der Waals surface area contributed by atoms with Crippen LogP contribution in [-0.4, -0.2) is 43.8 Å². The van der Waals surface area contributed by atoms with Gasteiger partial charge in [0.15, 0.2) is 0 Å². The topological polar surface area (TPSA) is 50.8 Å². The molecule has 0 fully saturated rings. The number of anilines is 1. The van der Waals surface area contributed by atoms with Gasteiger partial charge in [-0.05, 0) is 43.8 Å². The summed E-state index contributed by atoms with van der Waals surface area (Å²) in [5.74, 6) is 0.832. The fraction of sp³-hybridized carbons (Fsp3) is 0.667. The maximum absolute atomic E-state index is 11.8. The summed E-state index contributed by atoms with van der Waals surface area (Å²) < 4.78 is 10.9. The first-order valence-corrected chi connectivity index (χ1v) is 10.1. The predicted octanol–water partition coefficient (Wildman–Crippen LogP) is 5.74. The highest BCUT2D eigenvalue weighted by molar-refractivity contribution is 5.85. The third-order valence-corrected chi connectivity index (χ3v) is 4.40. The van der Waals surface area contributed by atoms with Crippen LogP contribution in [0, 0.1) is 0 Å². The number of carbonyl (C=O) groups is 1. The molecule has 1 rings (SSSR count). The number of carbonyl (C=O) groups excluding carboxylic acids is 1. The van der Waals surface area contributed by atoms with E-state index in [0.29, 0.717) is 12.3 Å². The smallest absolute Gasteiger partial charge is 0.411 e. The fourth-order valence-corrected chi connectivity index (χ4v) is 2.67. The highest BCUT2D eigenvalue weighted by atomic mass is 35.5. The maximum Gasteiger partial charge on any atom is 0.411 e. The van der Waals surface area contributed by atoms with Crippen molar-refractivity contribution in [3.05, 3.63) is 24.3 Å². The predicted molar refractivity (Wildman–Crippen MR) is 115 cm³/mol. The molecule has 0 saturated heterocycles. The molecule has 1 amide bonds. The van der Waals surface area contributed by atoms with Crippen LogP contribution in [0.5, 0.6) is 5.75 Å². The maximum atomic E-state index is 11.8. The number of hydrogen-bond donors (Lipinski definition) is 1. The number of nitrogens with one attached hydrogen (secondary N) is 1. The Labute approximate surface area is 171 Å². The van der Waals surface area contributed by atoms with Crippen LogP contribution in [-0.2, 0) is 4.74 Å². The molecule has 0 spiro atoms. The van der Waals surface area contributed by atoms with E-state index in [9.17, 15) is 4.79 Å². The molecule has 0 aliphatic carbocycles. The minimum Gasteiger partial charge on any atom is -0.494 e. The zero-order chi connectivity index (χ0) is 19.0. The van der Waals surface area contributed by atoms with Crippen molar-refractivity contribution in [2.24, 2.45) is 0 Å². The van der Waals surface area contributed by atoms with Gasteiger partial charge in [-0.25, -0.2) is 4.79 Å². The van der Waals surface area contributed by atoms with E-state index in [-0.39, 0.29) is 12.4 Å². The second-order valence-corrected chi connectivity index (χ2v) is 6.43. The summed E-state index contributed by atoms with van der Waals surface area (Å²) in [6.07, 6.45) is 7.10. The van der Waals surface area contributed by atoms with Crippen molar-refractivity contribution in [1.82, 2.24) is 4.90 Å². The Hall–Kier alpha value is -1.46. The van der Waals surface area contributed by atoms with E-state index in [1.807, 2.05) is 24.3 Å².